The SMILES string of the molecule is Cc1cc(C(=O)Nc2[nH]ncc2C(C)C)cc2n[nH]nc12. The molecule has 21 heavy (non-hydrogen) atoms. The van der Waals surface area contributed by atoms with Gasteiger partial charge < -0.3 is 5.32 Å². The zero-order valence-electron chi connectivity index (χ0n) is 12.1. The largest absolute Gasteiger partial charge is 0.307 e. The number of anilines is 1. The molecule has 0 bridgehead atoms. The maximum atomic E-state index is 12.4. The molecule has 1 aromatic carbocycles. The number of amides is 1. The van der Waals surface area contributed by atoms with E-state index < -0.39 is 0 Å². The van der Waals surface area contributed by atoms with Crippen molar-refractivity contribution < 1.29 is 4.79 Å². The lowest BCUT2D eigenvalue weighted by Gasteiger charge is -2.08. The quantitative estimate of drug-likeness (QED) is 0.687. The smallest absolute Gasteiger partial charge is 0.256 e. The van der Waals surface area contributed by atoms with Crippen molar-refractivity contribution in [2.45, 2.75) is 26.7 Å². The van der Waals surface area contributed by atoms with E-state index in [4.69, 9.17) is 0 Å². The van der Waals surface area contributed by atoms with Gasteiger partial charge in [-0.3, -0.25) is 9.89 Å². The zero-order chi connectivity index (χ0) is 15.0. The Morgan fingerprint density at radius 2 is 2.10 bits per heavy atom. The molecule has 0 saturated carbocycles. The highest BCUT2D eigenvalue weighted by Crippen LogP contribution is 2.22. The Labute approximate surface area is 121 Å². The molecule has 0 aliphatic carbocycles. The predicted octanol–water partition coefficient (Wildman–Crippen LogP) is 2.37. The van der Waals surface area contributed by atoms with Crippen LogP contribution in [-0.4, -0.2) is 31.5 Å². The molecule has 2 heterocycles. The average Bonchev–Trinajstić information content (AvgIpc) is 3.06. The molecule has 3 aromatic rings. The van der Waals surface area contributed by atoms with Crippen LogP contribution in [0, 0.1) is 6.92 Å². The maximum absolute atomic E-state index is 12.4. The Bertz CT molecular complexity index is 801. The number of aromatic nitrogens is 5. The van der Waals surface area contributed by atoms with Gasteiger partial charge in [0.2, 0.25) is 0 Å². The summed E-state index contributed by atoms with van der Waals surface area (Å²) in [5, 5.41) is 20.3. The summed E-state index contributed by atoms with van der Waals surface area (Å²) in [6.45, 7) is 6.00. The van der Waals surface area contributed by atoms with E-state index in [0.29, 0.717) is 16.9 Å². The van der Waals surface area contributed by atoms with Crippen LogP contribution in [0.25, 0.3) is 11.0 Å². The molecule has 0 saturated heterocycles. The molecule has 3 rings (SSSR count). The van der Waals surface area contributed by atoms with Crippen molar-refractivity contribution in [3.8, 4) is 0 Å². The molecule has 7 heteroatoms. The highest BCUT2D eigenvalue weighted by Gasteiger charge is 2.15. The van der Waals surface area contributed by atoms with Crippen LogP contribution in [0.5, 0.6) is 0 Å². The summed E-state index contributed by atoms with van der Waals surface area (Å²) >= 11 is 0. The molecule has 0 unspecified atom stereocenters. The fourth-order valence-electron chi connectivity index (χ4n) is 2.27. The molecule has 0 aliphatic heterocycles. The van der Waals surface area contributed by atoms with Crippen molar-refractivity contribution in [3.05, 3.63) is 35.0 Å². The summed E-state index contributed by atoms with van der Waals surface area (Å²) in [5.74, 6) is 0.709. The summed E-state index contributed by atoms with van der Waals surface area (Å²) in [7, 11) is 0. The van der Waals surface area contributed by atoms with Gasteiger partial charge in [0.1, 0.15) is 16.9 Å². The molecule has 0 fully saturated rings. The second kappa shape index (κ2) is 5.01. The molecule has 0 radical (unpaired) electrons. The minimum absolute atomic E-state index is 0.200. The van der Waals surface area contributed by atoms with E-state index in [9.17, 15) is 4.79 Å². The average molecular weight is 284 g/mol. The van der Waals surface area contributed by atoms with E-state index in [1.807, 2.05) is 20.8 Å². The van der Waals surface area contributed by atoms with Crippen molar-refractivity contribution in [1.29, 1.82) is 0 Å². The summed E-state index contributed by atoms with van der Waals surface area (Å²) in [6, 6.07) is 3.51. The van der Waals surface area contributed by atoms with Gasteiger partial charge in [0.25, 0.3) is 5.91 Å². The predicted molar refractivity (Wildman–Crippen MR) is 79.3 cm³/mol. The van der Waals surface area contributed by atoms with Gasteiger partial charge in [0.05, 0.1) is 6.20 Å². The first-order chi connectivity index (χ1) is 10.1. The van der Waals surface area contributed by atoms with E-state index in [1.54, 1.807) is 18.3 Å². The van der Waals surface area contributed by atoms with Gasteiger partial charge in [-0.15, -0.1) is 0 Å². The molecule has 3 N–H and O–H groups in total. The number of benzene rings is 1. The van der Waals surface area contributed by atoms with Crippen molar-refractivity contribution >= 4 is 22.8 Å². The van der Waals surface area contributed by atoms with Crippen molar-refractivity contribution in [2.24, 2.45) is 0 Å². The number of carbonyl (C=O) groups is 1. The molecule has 7 nitrogen and oxygen atoms in total. The highest BCUT2D eigenvalue weighted by atomic mass is 16.1. The lowest BCUT2D eigenvalue weighted by Crippen LogP contribution is -2.14. The Kier molecular flexibility index (Phi) is 3.17. The lowest BCUT2D eigenvalue weighted by atomic mass is 10.1. The van der Waals surface area contributed by atoms with Crippen LogP contribution in [0.2, 0.25) is 0 Å². The Balaban J connectivity index is 1.91. The van der Waals surface area contributed by atoms with Crippen LogP contribution in [0.1, 0.15) is 41.3 Å². The van der Waals surface area contributed by atoms with Crippen LogP contribution in [0.3, 0.4) is 0 Å². The third-order valence-corrected chi connectivity index (χ3v) is 3.40. The Morgan fingerprint density at radius 3 is 2.86 bits per heavy atom. The van der Waals surface area contributed by atoms with E-state index in [1.165, 1.54) is 0 Å². The van der Waals surface area contributed by atoms with Crippen LogP contribution in [0.4, 0.5) is 5.82 Å². The molecule has 0 atom stereocenters. The van der Waals surface area contributed by atoms with E-state index >= 15 is 0 Å². The third-order valence-electron chi connectivity index (χ3n) is 3.40. The van der Waals surface area contributed by atoms with Gasteiger partial charge >= 0.3 is 0 Å². The molecule has 108 valence electrons. The van der Waals surface area contributed by atoms with Crippen LogP contribution < -0.4 is 5.32 Å². The monoisotopic (exact) mass is 284 g/mol. The van der Waals surface area contributed by atoms with Gasteiger partial charge in [0.15, 0.2) is 0 Å². The number of H-pyrrole nitrogens is 2. The van der Waals surface area contributed by atoms with Gasteiger partial charge in [0, 0.05) is 11.1 Å². The number of aryl methyl sites for hydroxylation is 1. The fourth-order valence-corrected chi connectivity index (χ4v) is 2.27. The lowest BCUT2D eigenvalue weighted by molar-refractivity contribution is 0.102. The first-order valence-corrected chi connectivity index (χ1v) is 6.72. The second-order valence-corrected chi connectivity index (χ2v) is 5.29. The van der Waals surface area contributed by atoms with Crippen molar-refractivity contribution in [3.63, 3.8) is 0 Å². The normalized spacial score (nSPS) is 11.2. The van der Waals surface area contributed by atoms with Gasteiger partial charge in [-0.05, 0) is 30.5 Å². The van der Waals surface area contributed by atoms with Crippen LogP contribution in [-0.2, 0) is 0 Å². The first-order valence-electron chi connectivity index (χ1n) is 6.72. The van der Waals surface area contributed by atoms with E-state index in [0.717, 1.165) is 16.6 Å². The summed E-state index contributed by atoms with van der Waals surface area (Å²) in [6.07, 6.45) is 1.73. The second-order valence-electron chi connectivity index (χ2n) is 5.29. The number of nitrogens with one attached hydrogen (secondary N) is 3. The minimum atomic E-state index is -0.200. The number of fused-ring (bicyclic) bond motifs is 1. The van der Waals surface area contributed by atoms with E-state index in [2.05, 4.69) is 30.9 Å². The number of rotatable bonds is 3. The number of nitrogens with zero attached hydrogens (tertiary/aromatic N) is 3. The summed E-state index contributed by atoms with van der Waals surface area (Å²) in [5.41, 5.74) is 3.87. The maximum Gasteiger partial charge on any atom is 0.256 e. The Hall–Kier alpha value is -2.70. The standard InChI is InChI=1S/C14H16N6O/c1-7(2)10-6-15-19-13(10)16-14(21)9-4-8(3)12-11(5-9)17-20-18-12/h4-7H,1-3H3,(H,17,18,20)(H2,15,16,19,21). The number of hydrogen-bond donors (Lipinski definition) is 3. The molecule has 1 amide bonds. The van der Waals surface area contributed by atoms with Gasteiger partial charge in [-0.1, -0.05) is 13.8 Å². The van der Waals surface area contributed by atoms with Crippen LogP contribution >= 0.6 is 0 Å². The third kappa shape index (κ3) is 2.37. The zero-order valence-corrected chi connectivity index (χ0v) is 12.1. The Morgan fingerprint density at radius 1 is 1.29 bits per heavy atom. The molecule has 2 aromatic heterocycles. The number of aromatic amines is 2. The van der Waals surface area contributed by atoms with Gasteiger partial charge in [-0.2, -0.15) is 20.5 Å². The summed E-state index contributed by atoms with van der Waals surface area (Å²) < 4.78 is 0. The van der Waals surface area contributed by atoms with Gasteiger partial charge in [-0.25, -0.2) is 0 Å². The van der Waals surface area contributed by atoms with Crippen LogP contribution in [0.15, 0.2) is 18.3 Å². The molecule has 0 spiro atoms. The minimum Gasteiger partial charge on any atom is -0.307 e. The summed E-state index contributed by atoms with van der Waals surface area (Å²) in [4.78, 5) is 12.4. The van der Waals surface area contributed by atoms with E-state index in [-0.39, 0.29) is 11.8 Å². The van der Waals surface area contributed by atoms with Crippen molar-refractivity contribution in [2.75, 3.05) is 5.32 Å². The molecule has 0 aliphatic rings. The molecular weight excluding hydrogens is 268 g/mol. The number of hydrogen-bond acceptors (Lipinski definition) is 4. The number of carbonyl (C=O) groups excluding carboxylic acids is 1. The molecular formula is C14H16N6O. The first kappa shape index (κ1) is 13.3. The highest BCUT2D eigenvalue weighted by molar-refractivity contribution is 6.06. The topological polar surface area (TPSA) is 99.4 Å². The van der Waals surface area contributed by atoms with Crippen molar-refractivity contribution in [1.82, 2.24) is 25.6 Å². The fraction of sp³-hybridized carbons (Fsp3) is 0.286.